The van der Waals surface area contributed by atoms with Gasteiger partial charge in [-0.2, -0.15) is 5.10 Å². The van der Waals surface area contributed by atoms with Crippen molar-refractivity contribution in [2.45, 2.75) is 19.3 Å². The molecule has 2 aromatic rings. The van der Waals surface area contributed by atoms with Crippen LogP contribution in [0.2, 0.25) is 0 Å². The van der Waals surface area contributed by atoms with Crippen LogP contribution in [0.3, 0.4) is 0 Å². The molecule has 0 bridgehead atoms. The van der Waals surface area contributed by atoms with Crippen LogP contribution >= 0.6 is 0 Å². The molecule has 2 atom stereocenters. The van der Waals surface area contributed by atoms with Gasteiger partial charge in [0.05, 0.1) is 12.8 Å². The van der Waals surface area contributed by atoms with E-state index >= 15 is 0 Å². The molecule has 1 aliphatic rings. The highest BCUT2D eigenvalue weighted by atomic mass is 16.5. The van der Waals surface area contributed by atoms with E-state index in [4.69, 9.17) is 4.74 Å². The van der Waals surface area contributed by atoms with Crippen LogP contribution in [0.5, 0.6) is 11.5 Å². The highest BCUT2D eigenvalue weighted by molar-refractivity contribution is 6.00. The molecule has 0 aromatic heterocycles. The van der Waals surface area contributed by atoms with Crippen molar-refractivity contribution in [3.8, 4) is 11.5 Å². The summed E-state index contributed by atoms with van der Waals surface area (Å²) in [6.45, 7) is 1.80. The number of amides is 1. The van der Waals surface area contributed by atoms with Crippen LogP contribution in [0.25, 0.3) is 0 Å². The lowest BCUT2D eigenvalue weighted by atomic mass is 10.1. The van der Waals surface area contributed by atoms with E-state index in [-0.39, 0.29) is 23.5 Å². The van der Waals surface area contributed by atoms with Crippen molar-refractivity contribution < 1.29 is 14.6 Å². The third kappa shape index (κ3) is 3.40. The standard InChI is InChI=1S/C19H20N2O3/c1-12(14-8-9-17(22)18(10-14)24-2)20-21-19(23)16-11-15(16)13-6-4-3-5-7-13/h3-10,15-16,22H,11H2,1-2H3,(H,21,23)/b20-12-/t15-,16-/m1/s1. The van der Waals surface area contributed by atoms with Crippen molar-refractivity contribution in [3.05, 3.63) is 59.7 Å². The summed E-state index contributed by atoms with van der Waals surface area (Å²) in [5, 5.41) is 13.8. The zero-order chi connectivity index (χ0) is 17.1. The van der Waals surface area contributed by atoms with Gasteiger partial charge in [-0.15, -0.1) is 0 Å². The molecule has 0 spiro atoms. The number of rotatable bonds is 5. The van der Waals surface area contributed by atoms with Gasteiger partial charge in [0.2, 0.25) is 5.91 Å². The minimum absolute atomic E-state index is 0.0155. The lowest BCUT2D eigenvalue weighted by Crippen LogP contribution is -2.21. The smallest absolute Gasteiger partial charge is 0.243 e. The van der Waals surface area contributed by atoms with Gasteiger partial charge in [-0.1, -0.05) is 30.3 Å². The average Bonchev–Trinajstić information content (AvgIpc) is 3.41. The van der Waals surface area contributed by atoms with E-state index < -0.39 is 0 Å². The van der Waals surface area contributed by atoms with Crippen molar-refractivity contribution in [3.63, 3.8) is 0 Å². The Morgan fingerprint density at radius 2 is 2.00 bits per heavy atom. The molecule has 0 radical (unpaired) electrons. The largest absolute Gasteiger partial charge is 0.504 e. The summed E-state index contributed by atoms with van der Waals surface area (Å²) in [4.78, 5) is 12.2. The van der Waals surface area contributed by atoms with Crippen molar-refractivity contribution in [2.75, 3.05) is 7.11 Å². The van der Waals surface area contributed by atoms with Gasteiger partial charge in [0, 0.05) is 11.5 Å². The maximum atomic E-state index is 12.2. The predicted octanol–water partition coefficient (Wildman–Crippen LogP) is 3.04. The fraction of sp³-hybridized carbons (Fsp3) is 0.263. The number of nitrogens with zero attached hydrogens (tertiary/aromatic N) is 1. The van der Waals surface area contributed by atoms with E-state index in [0.29, 0.717) is 11.5 Å². The Labute approximate surface area is 141 Å². The number of phenolic OH excluding ortho intramolecular Hbond substituents is 1. The van der Waals surface area contributed by atoms with Crippen molar-refractivity contribution in [2.24, 2.45) is 11.0 Å². The highest BCUT2D eigenvalue weighted by Crippen LogP contribution is 2.47. The number of methoxy groups -OCH3 is 1. The molecular weight excluding hydrogens is 304 g/mol. The second-order valence-electron chi connectivity index (χ2n) is 5.92. The molecule has 1 fully saturated rings. The summed E-state index contributed by atoms with van der Waals surface area (Å²) < 4.78 is 5.08. The number of phenols is 1. The number of hydrogen-bond donors (Lipinski definition) is 2. The molecule has 5 heteroatoms. The zero-order valence-corrected chi connectivity index (χ0v) is 13.7. The summed E-state index contributed by atoms with van der Waals surface area (Å²) in [6, 6.07) is 15.0. The first-order valence-electron chi connectivity index (χ1n) is 7.86. The van der Waals surface area contributed by atoms with Gasteiger partial charge in [0.15, 0.2) is 11.5 Å². The monoisotopic (exact) mass is 324 g/mol. The minimum Gasteiger partial charge on any atom is -0.504 e. The third-order valence-corrected chi connectivity index (χ3v) is 4.29. The van der Waals surface area contributed by atoms with E-state index in [1.165, 1.54) is 12.7 Å². The van der Waals surface area contributed by atoms with Crippen LogP contribution in [0.4, 0.5) is 0 Å². The zero-order valence-electron chi connectivity index (χ0n) is 13.7. The molecule has 124 valence electrons. The maximum Gasteiger partial charge on any atom is 0.243 e. The van der Waals surface area contributed by atoms with Gasteiger partial charge >= 0.3 is 0 Å². The van der Waals surface area contributed by atoms with E-state index in [1.807, 2.05) is 18.2 Å². The van der Waals surface area contributed by atoms with E-state index in [1.54, 1.807) is 25.1 Å². The van der Waals surface area contributed by atoms with Crippen LogP contribution in [-0.4, -0.2) is 23.8 Å². The molecule has 0 heterocycles. The Bertz CT molecular complexity index is 771. The molecule has 1 amide bonds. The number of carbonyl (C=O) groups is 1. The molecule has 2 aromatic carbocycles. The van der Waals surface area contributed by atoms with Gasteiger partial charge in [0.1, 0.15) is 0 Å². The number of carbonyl (C=O) groups excluding carboxylic acids is 1. The summed E-state index contributed by atoms with van der Waals surface area (Å²) in [6.07, 6.45) is 0.859. The fourth-order valence-electron chi connectivity index (χ4n) is 2.74. The fourth-order valence-corrected chi connectivity index (χ4v) is 2.74. The van der Waals surface area contributed by atoms with Crippen LogP contribution in [0.1, 0.15) is 30.4 Å². The Balaban J connectivity index is 1.62. The Morgan fingerprint density at radius 3 is 2.71 bits per heavy atom. The third-order valence-electron chi connectivity index (χ3n) is 4.29. The summed E-state index contributed by atoms with van der Waals surface area (Å²) in [5.41, 5.74) is 5.27. The normalized spacial score (nSPS) is 19.7. The number of ether oxygens (including phenoxy) is 1. The quantitative estimate of drug-likeness (QED) is 0.656. The van der Waals surface area contributed by atoms with E-state index in [2.05, 4.69) is 22.7 Å². The summed E-state index contributed by atoms with van der Waals surface area (Å²) in [7, 11) is 1.49. The Hall–Kier alpha value is -2.82. The number of nitrogens with one attached hydrogen (secondary N) is 1. The molecule has 24 heavy (non-hydrogen) atoms. The van der Waals surface area contributed by atoms with Gasteiger partial charge in [-0.25, -0.2) is 5.43 Å². The molecule has 5 nitrogen and oxygen atoms in total. The molecule has 0 saturated heterocycles. The van der Waals surface area contributed by atoms with Gasteiger partial charge in [0.25, 0.3) is 0 Å². The Morgan fingerprint density at radius 1 is 1.25 bits per heavy atom. The van der Waals surface area contributed by atoms with Gasteiger partial charge in [-0.05, 0) is 43.0 Å². The van der Waals surface area contributed by atoms with E-state index in [0.717, 1.165) is 12.0 Å². The number of hydrazone groups is 1. The first-order valence-corrected chi connectivity index (χ1v) is 7.86. The molecule has 1 aliphatic carbocycles. The number of benzene rings is 2. The lowest BCUT2D eigenvalue weighted by molar-refractivity contribution is -0.122. The first kappa shape index (κ1) is 16.1. The average molecular weight is 324 g/mol. The number of hydrogen-bond acceptors (Lipinski definition) is 4. The molecule has 0 unspecified atom stereocenters. The van der Waals surface area contributed by atoms with Crippen molar-refractivity contribution >= 4 is 11.6 Å². The van der Waals surface area contributed by atoms with Crippen molar-refractivity contribution in [1.82, 2.24) is 5.43 Å². The second kappa shape index (κ2) is 6.74. The van der Waals surface area contributed by atoms with Crippen LogP contribution in [0, 0.1) is 5.92 Å². The van der Waals surface area contributed by atoms with Crippen LogP contribution in [-0.2, 0) is 4.79 Å². The van der Waals surface area contributed by atoms with Crippen LogP contribution in [0.15, 0.2) is 53.6 Å². The predicted molar refractivity (Wildman–Crippen MR) is 92.3 cm³/mol. The molecule has 1 saturated carbocycles. The molecule has 3 rings (SSSR count). The SMILES string of the molecule is COc1cc(/C(C)=N\NC(=O)[C@@H]2C[C@@H]2c2ccccc2)ccc1O. The molecule has 2 N–H and O–H groups in total. The Kier molecular flexibility index (Phi) is 4.51. The maximum absolute atomic E-state index is 12.2. The minimum atomic E-state index is -0.0612. The van der Waals surface area contributed by atoms with Gasteiger partial charge < -0.3 is 9.84 Å². The lowest BCUT2D eigenvalue weighted by Gasteiger charge is -2.07. The van der Waals surface area contributed by atoms with Gasteiger partial charge in [-0.3, -0.25) is 4.79 Å². The number of aromatic hydroxyl groups is 1. The molecule has 0 aliphatic heterocycles. The second-order valence-corrected chi connectivity index (χ2v) is 5.92. The topological polar surface area (TPSA) is 70.9 Å². The summed E-state index contributed by atoms with van der Waals surface area (Å²) in [5.74, 6) is 0.657. The van der Waals surface area contributed by atoms with Crippen molar-refractivity contribution in [1.29, 1.82) is 0 Å². The van der Waals surface area contributed by atoms with Crippen LogP contribution < -0.4 is 10.2 Å². The molecular formula is C19H20N2O3. The first-order chi connectivity index (χ1) is 11.6. The highest BCUT2D eigenvalue weighted by Gasteiger charge is 2.43. The van der Waals surface area contributed by atoms with E-state index in [9.17, 15) is 9.90 Å². The summed E-state index contributed by atoms with van der Waals surface area (Å²) >= 11 is 0.